The quantitative estimate of drug-likeness (QED) is 0.697. The van der Waals surface area contributed by atoms with Gasteiger partial charge >= 0.3 is 0 Å². The molecule has 0 saturated carbocycles. The number of benzene rings is 2. The summed E-state index contributed by atoms with van der Waals surface area (Å²) in [6, 6.07) is 14.8. The topological polar surface area (TPSA) is 32.9 Å². The third kappa shape index (κ3) is 2.19. The summed E-state index contributed by atoms with van der Waals surface area (Å²) in [5.74, 6) is -0.133. The summed E-state index contributed by atoms with van der Waals surface area (Å²) in [5.41, 5.74) is 4.49. The molecule has 0 fully saturated rings. The number of carbonyl (C=O) groups excluding carboxylic acids is 1. The lowest BCUT2D eigenvalue weighted by Crippen LogP contribution is -2.29. The van der Waals surface area contributed by atoms with Crippen molar-refractivity contribution in [3.8, 4) is 0 Å². The fourth-order valence-corrected chi connectivity index (χ4v) is 3.96. The second kappa shape index (κ2) is 5.34. The van der Waals surface area contributed by atoms with Crippen LogP contribution < -0.4 is 0 Å². The number of hydrogen-bond acceptors (Lipinski definition) is 1. The minimum Gasteiger partial charge on any atom is -0.358 e. The molecule has 1 heterocycles. The number of fused-ring (bicyclic) bond motifs is 3. The van der Waals surface area contributed by atoms with Crippen LogP contribution in [0.2, 0.25) is 0 Å². The predicted molar refractivity (Wildman–Crippen MR) is 89.0 cm³/mol. The molecular weight excluding hydrogens is 289 g/mol. The summed E-state index contributed by atoms with van der Waals surface area (Å²) in [5, 5.41) is 1.23. The predicted octanol–water partition coefficient (Wildman–Crippen LogP) is 4.45. The van der Waals surface area contributed by atoms with Crippen molar-refractivity contribution in [3.63, 3.8) is 0 Å². The standard InChI is InChI=1S/C20H18FNO/c1-12-10-16-15-4-2-3-5-18(15)22-20(16)19(17(12)11-23)13-6-8-14(21)9-7-13/h2-9,11-12,17,19,22H,10H2,1H3/t12-,17-,19-/m0/s1. The van der Waals surface area contributed by atoms with Gasteiger partial charge in [0, 0.05) is 28.4 Å². The molecule has 116 valence electrons. The van der Waals surface area contributed by atoms with Gasteiger partial charge in [-0.15, -0.1) is 0 Å². The van der Waals surface area contributed by atoms with E-state index in [4.69, 9.17) is 0 Å². The van der Waals surface area contributed by atoms with Gasteiger partial charge in [0.1, 0.15) is 12.1 Å². The maximum absolute atomic E-state index is 13.3. The van der Waals surface area contributed by atoms with Gasteiger partial charge in [-0.3, -0.25) is 0 Å². The largest absolute Gasteiger partial charge is 0.358 e. The monoisotopic (exact) mass is 307 g/mol. The van der Waals surface area contributed by atoms with Crippen molar-refractivity contribution in [2.24, 2.45) is 11.8 Å². The molecule has 0 amide bonds. The van der Waals surface area contributed by atoms with Crippen molar-refractivity contribution in [3.05, 3.63) is 71.2 Å². The molecule has 0 aliphatic heterocycles. The van der Waals surface area contributed by atoms with Crippen molar-refractivity contribution < 1.29 is 9.18 Å². The van der Waals surface area contributed by atoms with Crippen LogP contribution in [0, 0.1) is 17.7 Å². The Morgan fingerprint density at radius 1 is 1.13 bits per heavy atom. The van der Waals surface area contributed by atoms with Crippen LogP contribution in [-0.4, -0.2) is 11.3 Å². The molecule has 2 nitrogen and oxygen atoms in total. The molecule has 23 heavy (non-hydrogen) atoms. The van der Waals surface area contributed by atoms with E-state index in [-0.39, 0.29) is 23.6 Å². The summed E-state index contributed by atoms with van der Waals surface area (Å²) in [4.78, 5) is 15.3. The molecule has 2 aromatic carbocycles. The molecule has 4 rings (SSSR count). The third-order valence-corrected chi connectivity index (χ3v) is 5.11. The molecule has 1 N–H and O–H groups in total. The van der Waals surface area contributed by atoms with E-state index < -0.39 is 0 Å². The molecule has 0 unspecified atom stereocenters. The number of aromatic amines is 1. The van der Waals surface area contributed by atoms with Crippen LogP contribution in [0.1, 0.15) is 29.7 Å². The van der Waals surface area contributed by atoms with Crippen LogP contribution in [0.5, 0.6) is 0 Å². The summed E-state index contributed by atoms with van der Waals surface area (Å²) in [7, 11) is 0. The maximum Gasteiger partial charge on any atom is 0.124 e. The Morgan fingerprint density at radius 2 is 1.87 bits per heavy atom. The first kappa shape index (κ1) is 14.2. The average molecular weight is 307 g/mol. The van der Waals surface area contributed by atoms with Gasteiger partial charge in [-0.05, 0) is 41.7 Å². The van der Waals surface area contributed by atoms with E-state index in [1.54, 1.807) is 12.1 Å². The number of para-hydroxylation sites is 1. The van der Waals surface area contributed by atoms with Gasteiger partial charge in [-0.2, -0.15) is 0 Å². The molecule has 1 aromatic heterocycles. The first-order chi connectivity index (χ1) is 11.2. The average Bonchev–Trinajstić information content (AvgIpc) is 2.93. The minimum atomic E-state index is -0.253. The van der Waals surface area contributed by atoms with Gasteiger partial charge in [-0.1, -0.05) is 37.3 Å². The minimum absolute atomic E-state index is 0.0424. The normalized spacial score (nSPS) is 23.7. The highest BCUT2D eigenvalue weighted by Crippen LogP contribution is 2.44. The van der Waals surface area contributed by atoms with Gasteiger partial charge in [0.25, 0.3) is 0 Å². The summed E-state index contributed by atoms with van der Waals surface area (Å²) < 4.78 is 13.3. The molecule has 0 bridgehead atoms. The highest BCUT2D eigenvalue weighted by Gasteiger charge is 2.37. The zero-order chi connectivity index (χ0) is 16.0. The van der Waals surface area contributed by atoms with Gasteiger partial charge in [0.15, 0.2) is 0 Å². The van der Waals surface area contributed by atoms with E-state index in [0.717, 1.165) is 29.5 Å². The number of halogens is 1. The molecule has 0 saturated heterocycles. The van der Waals surface area contributed by atoms with E-state index in [9.17, 15) is 9.18 Å². The fourth-order valence-electron chi connectivity index (χ4n) is 3.96. The van der Waals surface area contributed by atoms with Crippen molar-refractivity contribution >= 4 is 17.2 Å². The molecule has 1 aliphatic rings. The molecular formula is C20H18FNO. The Morgan fingerprint density at radius 3 is 2.61 bits per heavy atom. The zero-order valence-electron chi connectivity index (χ0n) is 12.9. The van der Waals surface area contributed by atoms with Crippen LogP contribution in [0.15, 0.2) is 48.5 Å². The number of aromatic nitrogens is 1. The zero-order valence-corrected chi connectivity index (χ0v) is 12.9. The Labute approximate surface area is 134 Å². The maximum atomic E-state index is 13.3. The summed E-state index contributed by atoms with van der Waals surface area (Å²) >= 11 is 0. The van der Waals surface area contributed by atoms with Crippen molar-refractivity contribution in [1.29, 1.82) is 0 Å². The van der Waals surface area contributed by atoms with Gasteiger partial charge < -0.3 is 9.78 Å². The smallest absolute Gasteiger partial charge is 0.124 e. The summed E-state index contributed by atoms with van der Waals surface area (Å²) in [6.45, 7) is 2.13. The first-order valence-corrected chi connectivity index (χ1v) is 7.99. The van der Waals surface area contributed by atoms with Crippen LogP contribution in [0.25, 0.3) is 10.9 Å². The molecule has 3 atom stereocenters. The second-order valence-electron chi connectivity index (χ2n) is 6.49. The molecule has 0 spiro atoms. The van der Waals surface area contributed by atoms with Gasteiger partial charge in [0.05, 0.1) is 0 Å². The molecule has 0 radical (unpaired) electrons. The fraction of sp³-hybridized carbons (Fsp3) is 0.250. The van der Waals surface area contributed by atoms with Crippen LogP contribution in [0.4, 0.5) is 4.39 Å². The molecule has 3 aromatic rings. The Bertz CT molecular complexity index is 865. The van der Waals surface area contributed by atoms with Crippen molar-refractivity contribution in [2.45, 2.75) is 19.3 Å². The van der Waals surface area contributed by atoms with Crippen LogP contribution in [-0.2, 0) is 11.2 Å². The van der Waals surface area contributed by atoms with E-state index in [1.165, 1.54) is 23.1 Å². The van der Waals surface area contributed by atoms with Crippen LogP contribution >= 0.6 is 0 Å². The lowest BCUT2D eigenvalue weighted by atomic mass is 9.70. The number of carbonyl (C=O) groups is 1. The Hall–Kier alpha value is -2.42. The van der Waals surface area contributed by atoms with Gasteiger partial charge in [0.2, 0.25) is 0 Å². The van der Waals surface area contributed by atoms with E-state index in [2.05, 4.69) is 24.0 Å². The van der Waals surface area contributed by atoms with E-state index in [1.807, 2.05) is 12.1 Å². The number of rotatable bonds is 2. The second-order valence-corrected chi connectivity index (χ2v) is 6.49. The van der Waals surface area contributed by atoms with Crippen molar-refractivity contribution in [2.75, 3.05) is 0 Å². The summed E-state index contributed by atoms with van der Waals surface area (Å²) in [6.07, 6.45) is 1.95. The number of H-pyrrole nitrogens is 1. The third-order valence-electron chi connectivity index (χ3n) is 5.11. The SMILES string of the molecule is C[C@H]1Cc2c([nH]c3ccccc23)[C@@H](c2ccc(F)cc2)[C@H]1C=O. The van der Waals surface area contributed by atoms with Crippen LogP contribution in [0.3, 0.4) is 0 Å². The van der Waals surface area contributed by atoms with E-state index >= 15 is 0 Å². The lowest BCUT2D eigenvalue weighted by Gasteiger charge is -2.33. The first-order valence-electron chi connectivity index (χ1n) is 7.99. The number of hydrogen-bond donors (Lipinski definition) is 1. The molecule has 3 heteroatoms. The highest BCUT2D eigenvalue weighted by atomic mass is 19.1. The molecule has 1 aliphatic carbocycles. The lowest BCUT2D eigenvalue weighted by molar-refractivity contribution is -0.113. The van der Waals surface area contributed by atoms with Crippen molar-refractivity contribution in [1.82, 2.24) is 4.98 Å². The number of aldehydes is 1. The Kier molecular flexibility index (Phi) is 3.29. The van der Waals surface area contributed by atoms with E-state index in [0.29, 0.717) is 0 Å². The van der Waals surface area contributed by atoms with Gasteiger partial charge in [-0.25, -0.2) is 4.39 Å². The Balaban J connectivity index is 1.95. The number of nitrogens with one attached hydrogen (secondary N) is 1. The highest BCUT2D eigenvalue weighted by molar-refractivity contribution is 5.86.